The number of anilines is 1. The maximum absolute atomic E-state index is 12.6. The van der Waals surface area contributed by atoms with Gasteiger partial charge in [0.2, 0.25) is 5.91 Å². The first-order valence-corrected chi connectivity index (χ1v) is 8.62. The van der Waals surface area contributed by atoms with Crippen LogP contribution in [-0.2, 0) is 17.6 Å². The van der Waals surface area contributed by atoms with Crippen LogP contribution in [-0.4, -0.2) is 26.6 Å². The minimum atomic E-state index is -2.83. The lowest BCUT2D eigenvalue weighted by Gasteiger charge is -2.03. The van der Waals surface area contributed by atoms with Gasteiger partial charge >= 0.3 is 0 Å². The van der Waals surface area contributed by atoms with E-state index in [1.807, 2.05) is 0 Å². The molecular formula is C13H12F2N4O2S2. The van der Waals surface area contributed by atoms with Gasteiger partial charge < -0.3 is 10.3 Å². The van der Waals surface area contributed by atoms with Crippen molar-refractivity contribution in [3.05, 3.63) is 32.7 Å². The van der Waals surface area contributed by atoms with Gasteiger partial charge in [0.05, 0.1) is 11.4 Å². The van der Waals surface area contributed by atoms with Crippen LogP contribution in [0.1, 0.15) is 29.1 Å². The molecule has 0 aliphatic heterocycles. The molecule has 3 rings (SSSR count). The fourth-order valence-corrected chi connectivity index (χ4v) is 3.92. The minimum Gasteiger partial charge on any atom is -0.301 e. The highest BCUT2D eigenvalue weighted by Crippen LogP contribution is 2.30. The van der Waals surface area contributed by atoms with Crippen LogP contribution >= 0.6 is 23.1 Å². The number of amides is 1. The molecule has 1 aliphatic carbocycles. The minimum absolute atomic E-state index is 0.00965. The summed E-state index contributed by atoms with van der Waals surface area (Å²) in [7, 11) is 0. The van der Waals surface area contributed by atoms with Crippen molar-refractivity contribution < 1.29 is 13.6 Å². The zero-order valence-electron chi connectivity index (χ0n) is 11.8. The summed E-state index contributed by atoms with van der Waals surface area (Å²) >= 11 is 2.34. The van der Waals surface area contributed by atoms with Gasteiger partial charge in [0.25, 0.3) is 12.0 Å². The monoisotopic (exact) mass is 358 g/mol. The lowest BCUT2D eigenvalue weighted by molar-refractivity contribution is -0.113. The summed E-state index contributed by atoms with van der Waals surface area (Å²) in [5.41, 5.74) is -0.240. The molecule has 0 atom stereocenters. The molecule has 0 radical (unpaired) electrons. The Balaban J connectivity index is 1.59. The Morgan fingerprint density at radius 3 is 3.00 bits per heavy atom. The number of hydrogen-bond acceptors (Lipinski definition) is 6. The van der Waals surface area contributed by atoms with Crippen LogP contribution < -0.4 is 10.9 Å². The highest BCUT2D eigenvalue weighted by Gasteiger charge is 2.18. The van der Waals surface area contributed by atoms with Crippen molar-refractivity contribution in [1.82, 2.24) is 15.0 Å². The number of aryl methyl sites for hydroxylation is 2. The SMILES string of the molecule is O=C(CSc1nc(C(F)F)cc(=O)[nH]1)Nc1nc2c(s1)CCC2. The van der Waals surface area contributed by atoms with E-state index >= 15 is 0 Å². The molecule has 1 amide bonds. The molecule has 10 heteroatoms. The van der Waals surface area contributed by atoms with Gasteiger partial charge in [0.15, 0.2) is 10.3 Å². The summed E-state index contributed by atoms with van der Waals surface area (Å²) in [5.74, 6) is -0.382. The van der Waals surface area contributed by atoms with Gasteiger partial charge in [-0.1, -0.05) is 11.8 Å². The molecule has 0 saturated carbocycles. The van der Waals surface area contributed by atoms with E-state index in [-0.39, 0.29) is 16.8 Å². The number of fused-ring (bicyclic) bond motifs is 1. The van der Waals surface area contributed by atoms with E-state index in [1.54, 1.807) is 0 Å². The Labute approximate surface area is 137 Å². The number of alkyl halides is 2. The molecule has 1 aliphatic rings. The van der Waals surface area contributed by atoms with E-state index in [0.29, 0.717) is 5.13 Å². The topological polar surface area (TPSA) is 87.7 Å². The summed E-state index contributed by atoms with van der Waals surface area (Å²) in [4.78, 5) is 34.6. The van der Waals surface area contributed by atoms with E-state index in [9.17, 15) is 18.4 Å². The van der Waals surface area contributed by atoms with Gasteiger partial charge in [-0.05, 0) is 19.3 Å². The molecular weight excluding hydrogens is 346 g/mol. The van der Waals surface area contributed by atoms with Gasteiger partial charge in [-0.3, -0.25) is 9.59 Å². The Bertz CT molecular complexity index is 769. The van der Waals surface area contributed by atoms with Crippen molar-refractivity contribution in [3.63, 3.8) is 0 Å². The number of aromatic nitrogens is 3. The summed E-state index contributed by atoms with van der Waals surface area (Å²) < 4.78 is 25.2. The van der Waals surface area contributed by atoms with E-state index in [4.69, 9.17) is 0 Å². The third-order valence-electron chi connectivity index (χ3n) is 3.15. The number of thioether (sulfide) groups is 1. The standard InChI is InChI=1S/C13H12F2N4O2S2/c14-11(15)7-4-9(20)18-12(17-7)22-5-10(21)19-13-16-6-2-1-3-8(6)23-13/h4,11H,1-3,5H2,(H,16,19,21)(H,17,18,20). The fourth-order valence-electron chi connectivity index (χ4n) is 2.17. The Kier molecular flexibility index (Phi) is 4.71. The third kappa shape index (κ3) is 3.94. The van der Waals surface area contributed by atoms with E-state index < -0.39 is 17.7 Å². The predicted molar refractivity (Wildman–Crippen MR) is 83.3 cm³/mol. The van der Waals surface area contributed by atoms with Crippen LogP contribution in [0.5, 0.6) is 0 Å². The highest BCUT2D eigenvalue weighted by atomic mass is 32.2. The largest absolute Gasteiger partial charge is 0.301 e. The molecule has 0 aromatic carbocycles. The van der Waals surface area contributed by atoms with E-state index in [1.165, 1.54) is 16.2 Å². The summed E-state index contributed by atoms with van der Waals surface area (Å²) in [6, 6.07) is 0.742. The Hall–Kier alpha value is -1.81. The van der Waals surface area contributed by atoms with Crippen molar-refractivity contribution in [2.24, 2.45) is 0 Å². The highest BCUT2D eigenvalue weighted by molar-refractivity contribution is 7.99. The number of hydrogen-bond donors (Lipinski definition) is 2. The second-order valence-corrected chi connectivity index (χ2v) is 6.90. The Morgan fingerprint density at radius 1 is 1.43 bits per heavy atom. The smallest absolute Gasteiger partial charge is 0.280 e. The molecule has 2 heterocycles. The second-order valence-electron chi connectivity index (χ2n) is 4.86. The van der Waals surface area contributed by atoms with Gasteiger partial charge in [0, 0.05) is 10.9 Å². The zero-order chi connectivity index (χ0) is 16.4. The van der Waals surface area contributed by atoms with Crippen LogP contribution in [0.2, 0.25) is 0 Å². The number of halogens is 2. The number of rotatable bonds is 5. The molecule has 0 bridgehead atoms. The molecule has 23 heavy (non-hydrogen) atoms. The molecule has 2 aromatic heterocycles. The van der Waals surface area contributed by atoms with Gasteiger partial charge in [-0.25, -0.2) is 18.7 Å². The van der Waals surface area contributed by atoms with Crippen LogP contribution in [0.15, 0.2) is 16.0 Å². The molecule has 0 unspecified atom stereocenters. The summed E-state index contributed by atoms with van der Waals surface area (Å²) in [6.45, 7) is 0. The van der Waals surface area contributed by atoms with Gasteiger partial charge in [0.1, 0.15) is 5.69 Å². The quantitative estimate of drug-likeness (QED) is 0.633. The number of carbonyl (C=O) groups is 1. The van der Waals surface area contributed by atoms with Crippen molar-refractivity contribution >= 4 is 34.1 Å². The first-order valence-electron chi connectivity index (χ1n) is 6.82. The first-order chi connectivity index (χ1) is 11.0. The first kappa shape index (κ1) is 16.1. The molecule has 0 fully saturated rings. The lowest BCUT2D eigenvalue weighted by atomic mass is 10.4. The van der Waals surface area contributed by atoms with Gasteiger partial charge in [-0.2, -0.15) is 0 Å². The van der Waals surface area contributed by atoms with Crippen molar-refractivity contribution in [2.45, 2.75) is 30.8 Å². The molecule has 0 saturated heterocycles. The van der Waals surface area contributed by atoms with Crippen LogP contribution in [0.4, 0.5) is 13.9 Å². The molecule has 6 nitrogen and oxygen atoms in total. The number of nitrogens with zero attached hydrogens (tertiary/aromatic N) is 2. The van der Waals surface area contributed by atoms with E-state index in [0.717, 1.165) is 42.8 Å². The molecule has 2 aromatic rings. The van der Waals surface area contributed by atoms with Crippen molar-refractivity contribution in [1.29, 1.82) is 0 Å². The van der Waals surface area contributed by atoms with Crippen LogP contribution in [0, 0.1) is 0 Å². The average Bonchev–Trinajstić information content (AvgIpc) is 3.05. The van der Waals surface area contributed by atoms with Crippen LogP contribution in [0.3, 0.4) is 0 Å². The molecule has 2 N–H and O–H groups in total. The van der Waals surface area contributed by atoms with Crippen molar-refractivity contribution in [2.75, 3.05) is 11.1 Å². The van der Waals surface area contributed by atoms with E-state index in [2.05, 4.69) is 20.3 Å². The Morgan fingerprint density at radius 2 is 2.26 bits per heavy atom. The summed E-state index contributed by atoms with van der Waals surface area (Å²) in [6.07, 6.45) is 0.186. The molecule has 122 valence electrons. The van der Waals surface area contributed by atoms with Crippen molar-refractivity contribution in [3.8, 4) is 0 Å². The van der Waals surface area contributed by atoms with Crippen LogP contribution in [0.25, 0.3) is 0 Å². The fraction of sp³-hybridized carbons (Fsp3) is 0.385. The number of thiazole rings is 1. The van der Waals surface area contributed by atoms with Gasteiger partial charge in [-0.15, -0.1) is 11.3 Å². The summed E-state index contributed by atoms with van der Waals surface area (Å²) in [5, 5.41) is 3.21. The average molecular weight is 358 g/mol. The zero-order valence-corrected chi connectivity index (χ0v) is 13.4. The number of H-pyrrole nitrogens is 1. The predicted octanol–water partition coefficient (Wildman–Crippen LogP) is 2.38. The normalized spacial score (nSPS) is 13.3. The molecule has 0 spiro atoms. The second kappa shape index (κ2) is 6.75. The number of aromatic amines is 1. The lowest BCUT2D eigenvalue weighted by Crippen LogP contribution is -2.16. The third-order valence-corrected chi connectivity index (χ3v) is 5.09. The maximum Gasteiger partial charge on any atom is 0.280 e. The number of nitrogens with one attached hydrogen (secondary N) is 2. The number of carbonyl (C=O) groups excluding carboxylic acids is 1. The maximum atomic E-state index is 12.6.